The number of aromatic nitrogens is 2. The average Bonchev–Trinajstić information content (AvgIpc) is 2.48. The van der Waals surface area contributed by atoms with Gasteiger partial charge in [-0.1, -0.05) is 0 Å². The lowest BCUT2D eigenvalue weighted by molar-refractivity contribution is 0.0995. The van der Waals surface area contributed by atoms with E-state index in [9.17, 15) is 9.18 Å². The van der Waals surface area contributed by atoms with Crippen LogP contribution < -0.4 is 11.1 Å². The first-order chi connectivity index (χ1) is 10.1. The van der Waals surface area contributed by atoms with Crippen molar-refractivity contribution in [2.45, 2.75) is 17.4 Å². The lowest BCUT2D eigenvalue weighted by atomic mass is 10.0. The van der Waals surface area contributed by atoms with Gasteiger partial charge in [0.1, 0.15) is 17.3 Å². The number of hydrogen-bond acceptors (Lipinski definition) is 5. The number of amides is 1. The summed E-state index contributed by atoms with van der Waals surface area (Å²) in [5.74, 6) is 0.615. The Morgan fingerprint density at radius 1 is 1.38 bits per heavy atom. The molecule has 0 fully saturated rings. The first kappa shape index (κ1) is 13.8. The van der Waals surface area contributed by atoms with Gasteiger partial charge in [-0.05, 0) is 30.2 Å². The van der Waals surface area contributed by atoms with E-state index in [1.54, 1.807) is 23.9 Å². The summed E-state index contributed by atoms with van der Waals surface area (Å²) in [6.45, 7) is 0. The maximum absolute atomic E-state index is 13.4. The van der Waals surface area contributed by atoms with E-state index in [2.05, 4.69) is 15.3 Å². The summed E-state index contributed by atoms with van der Waals surface area (Å²) in [4.78, 5) is 20.1. The Kier molecular flexibility index (Phi) is 3.74. The van der Waals surface area contributed by atoms with Gasteiger partial charge in [0.25, 0.3) is 5.91 Å². The van der Waals surface area contributed by atoms with Crippen LogP contribution >= 0.6 is 11.8 Å². The molecule has 0 saturated carbocycles. The fraction of sp³-hybridized carbons (Fsp3) is 0.214. The Morgan fingerprint density at radius 2 is 2.24 bits per heavy atom. The van der Waals surface area contributed by atoms with Crippen molar-refractivity contribution in [3.63, 3.8) is 0 Å². The van der Waals surface area contributed by atoms with Gasteiger partial charge < -0.3 is 11.1 Å². The molecule has 1 aliphatic heterocycles. The minimum atomic E-state index is -0.615. The SMILES string of the molecule is NC(=O)c1cnc(NC2CCSc3ccc(F)cc32)cn1. The number of fused-ring (bicyclic) bond motifs is 1. The van der Waals surface area contributed by atoms with Gasteiger partial charge in [0.15, 0.2) is 0 Å². The predicted octanol–water partition coefficient (Wildman–Crippen LogP) is 2.36. The molecule has 0 saturated heterocycles. The van der Waals surface area contributed by atoms with Crippen LogP contribution in [0.2, 0.25) is 0 Å². The summed E-state index contributed by atoms with van der Waals surface area (Å²) in [5.41, 5.74) is 6.16. The highest BCUT2D eigenvalue weighted by molar-refractivity contribution is 7.99. The number of benzene rings is 1. The van der Waals surface area contributed by atoms with Crippen LogP contribution in [0.1, 0.15) is 28.5 Å². The van der Waals surface area contributed by atoms with Crippen LogP contribution in [0.5, 0.6) is 0 Å². The molecule has 5 nitrogen and oxygen atoms in total. The second-order valence-corrected chi connectivity index (χ2v) is 5.80. The van der Waals surface area contributed by atoms with E-state index < -0.39 is 5.91 Å². The number of carbonyl (C=O) groups is 1. The maximum atomic E-state index is 13.4. The van der Waals surface area contributed by atoms with Gasteiger partial charge in [-0.15, -0.1) is 11.8 Å². The van der Waals surface area contributed by atoms with Crippen LogP contribution in [0.3, 0.4) is 0 Å². The molecule has 0 aliphatic carbocycles. The van der Waals surface area contributed by atoms with Crippen molar-refractivity contribution in [2.75, 3.05) is 11.1 Å². The smallest absolute Gasteiger partial charge is 0.268 e. The highest BCUT2D eigenvalue weighted by atomic mass is 32.2. The van der Waals surface area contributed by atoms with E-state index in [0.29, 0.717) is 5.82 Å². The first-order valence-corrected chi connectivity index (χ1v) is 7.42. The van der Waals surface area contributed by atoms with Gasteiger partial charge in [-0.3, -0.25) is 4.79 Å². The lowest BCUT2D eigenvalue weighted by Gasteiger charge is -2.26. The van der Waals surface area contributed by atoms with E-state index in [-0.39, 0.29) is 17.6 Å². The summed E-state index contributed by atoms with van der Waals surface area (Å²) in [6.07, 6.45) is 3.65. The molecule has 1 aromatic heterocycles. The first-order valence-electron chi connectivity index (χ1n) is 6.44. The number of rotatable bonds is 3. The minimum absolute atomic E-state index is 0.0225. The van der Waals surface area contributed by atoms with Gasteiger partial charge in [0.2, 0.25) is 0 Å². The second-order valence-electron chi connectivity index (χ2n) is 4.67. The number of anilines is 1. The molecular formula is C14H13FN4OS. The third-order valence-corrected chi connectivity index (χ3v) is 4.36. The van der Waals surface area contributed by atoms with Crippen LogP contribution in [0.25, 0.3) is 0 Å². The third-order valence-electron chi connectivity index (χ3n) is 3.24. The number of nitrogens with one attached hydrogen (secondary N) is 1. The van der Waals surface area contributed by atoms with Crippen LogP contribution in [0, 0.1) is 5.82 Å². The molecular weight excluding hydrogens is 291 g/mol. The molecule has 21 heavy (non-hydrogen) atoms. The lowest BCUT2D eigenvalue weighted by Crippen LogP contribution is -2.18. The van der Waals surface area contributed by atoms with Crippen molar-refractivity contribution in [3.8, 4) is 0 Å². The molecule has 1 amide bonds. The topological polar surface area (TPSA) is 80.9 Å². The molecule has 108 valence electrons. The summed E-state index contributed by atoms with van der Waals surface area (Å²) in [7, 11) is 0. The number of thioether (sulfide) groups is 1. The highest BCUT2D eigenvalue weighted by Crippen LogP contribution is 2.37. The molecule has 2 aromatic rings. The van der Waals surface area contributed by atoms with Crippen molar-refractivity contribution in [1.82, 2.24) is 9.97 Å². The average molecular weight is 304 g/mol. The molecule has 3 rings (SSSR count). The normalized spacial score (nSPS) is 17.1. The van der Waals surface area contributed by atoms with E-state index in [1.165, 1.54) is 18.5 Å². The van der Waals surface area contributed by atoms with Gasteiger partial charge in [0.05, 0.1) is 18.4 Å². The zero-order chi connectivity index (χ0) is 14.8. The summed E-state index contributed by atoms with van der Waals surface area (Å²) >= 11 is 1.71. The fourth-order valence-corrected chi connectivity index (χ4v) is 3.33. The van der Waals surface area contributed by atoms with Gasteiger partial charge in [-0.25, -0.2) is 14.4 Å². The summed E-state index contributed by atoms with van der Waals surface area (Å²) in [5, 5.41) is 3.22. The highest BCUT2D eigenvalue weighted by Gasteiger charge is 2.21. The summed E-state index contributed by atoms with van der Waals surface area (Å²) < 4.78 is 13.4. The molecule has 1 aliphatic rings. The summed E-state index contributed by atoms with van der Waals surface area (Å²) in [6, 6.07) is 4.79. The number of halogens is 1. The van der Waals surface area contributed by atoms with Gasteiger partial charge in [-0.2, -0.15) is 0 Å². The van der Waals surface area contributed by atoms with Crippen molar-refractivity contribution < 1.29 is 9.18 Å². The molecule has 1 atom stereocenters. The molecule has 2 heterocycles. The number of nitrogens with two attached hydrogens (primary N) is 1. The second kappa shape index (κ2) is 5.69. The Labute approximate surface area is 125 Å². The van der Waals surface area contributed by atoms with E-state index in [4.69, 9.17) is 5.73 Å². The Hall–Kier alpha value is -2.15. The van der Waals surface area contributed by atoms with E-state index in [1.807, 2.05) is 0 Å². The van der Waals surface area contributed by atoms with E-state index in [0.717, 1.165) is 22.6 Å². The molecule has 0 radical (unpaired) electrons. The Morgan fingerprint density at radius 3 is 2.95 bits per heavy atom. The molecule has 7 heteroatoms. The van der Waals surface area contributed by atoms with Gasteiger partial charge in [0, 0.05) is 10.6 Å². The van der Waals surface area contributed by atoms with Crippen LogP contribution in [-0.2, 0) is 0 Å². The van der Waals surface area contributed by atoms with Crippen molar-refractivity contribution in [3.05, 3.63) is 47.7 Å². The molecule has 0 spiro atoms. The molecule has 1 aromatic carbocycles. The number of primary amides is 1. The largest absolute Gasteiger partial charge is 0.364 e. The predicted molar refractivity (Wildman–Crippen MR) is 78.7 cm³/mol. The standard InChI is InChI=1S/C14H13FN4OS/c15-8-1-2-12-9(5-8)10(3-4-21-12)19-13-7-17-11(6-18-13)14(16)20/h1-2,5-7,10H,3-4H2,(H2,16,20)(H,18,19). The van der Waals surface area contributed by atoms with Gasteiger partial charge >= 0.3 is 0 Å². The maximum Gasteiger partial charge on any atom is 0.268 e. The van der Waals surface area contributed by atoms with Crippen LogP contribution in [0.4, 0.5) is 10.2 Å². The van der Waals surface area contributed by atoms with Crippen molar-refractivity contribution in [1.29, 1.82) is 0 Å². The van der Waals surface area contributed by atoms with Crippen molar-refractivity contribution >= 4 is 23.5 Å². The fourth-order valence-electron chi connectivity index (χ4n) is 2.22. The Bertz CT molecular complexity index is 677. The van der Waals surface area contributed by atoms with Crippen LogP contribution in [0.15, 0.2) is 35.5 Å². The number of hydrogen-bond donors (Lipinski definition) is 2. The minimum Gasteiger partial charge on any atom is -0.364 e. The third kappa shape index (κ3) is 2.97. The quantitative estimate of drug-likeness (QED) is 0.910. The Balaban J connectivity index is 1.83. The zero-order valence-electron chi connectivity index (χ0n) is 11.0. The molecule has 1 unspecified atom stereocenters. The molecule has 3 N–H and O–H groups in total. The zero-order valence-corrected chi connectivity index (χ0v) is 11.9. The number of nitrogens with zero attached hydrogens (tertiary/aromatic N) is 2. The number of carbonyl (C=O) groups excluding carboxylic acids is 1. The van der Waals surface area contributed by atoms with E-state index >= 15 is 0 Å². The monoisotopic (exact) mass is 304 g/mol. The van der Waals surface area contributed by atoms with Crippen LogP contribution in [-0.4, -0.2) is 21.6 Å². The van der Waals surface area contributed by atoms with Crippen molar-refractivity contribution in [2.24, 2.45) is 5.73 Å². The molecule has 0 bridgehead atoms.